The maximum absolute atomic E-state index is 11.5. The van der Waals surface area contributed by atoms with Gasteiger partial charge in [-0.05, 0) is 26.1 Å². The van der Waals surface area contributed by atoms with Crippen LogP contribution in [0.3, 0.4) is 0 Å². The summed E-state index contributed by atoms with van der Waals surface area (Å²) >= 11 is 1.60. The fraction of sp³-hybridized carbons (Fsp3) is 0.364. The van der Waals surface area contributed by atoms with Gasteiger partial charge in [0, 0.05) is 11.9 Å². The zero-order chi connectivity index (χ0) is 13.9. The van der Waals surface area contributed by atoms with Crippen molar-refractivity contribution in [2.24, 2.45) is 0 Å². The summed E-state index contributed by atoms with van der Waals surface area (Å²) in [6.45, 7) is 3.03. The van der Waals surface area contributed by atoms with Crippen molar-refractivity contribution in [3.63, 3.8) is 0 Å². The lowest BCUT2D eigenvalue weighted by atomic mass is 10.4. The van der Waals surface area contributed by atoms with E-state index in [1.165, 1.54) is 13.1 Å². The van der Waals surface area contributed by atoms with E-state index in [2.05, 4.69) is 15.0 Å². The first kappa shape index (κ1) is 14.2. The maximum Gasteiger partial charge on any atom is 0.273 e. The van der Waals surface area contributed by atoms with Crippen LogP contribution < -0.4 is 10.0 Å². The van der Waals surface area contributed by atoms with Gasteiger partial charge in [-0.1, -0.05) is 0 Å². The summed E-state index contributed by atoms with van der Waals surface area (Å²) in [6.07, 6.45) is 0. The predicted octanol–water partition coefficient (Wildman–Crippen LogP) is 1.24. The van der Waals surface area contributed by atoms with Gasteiger partial charge in [0.2, 0.25) is 5.09 Å². The molecule has 0 saturated carbocycles. The van der Waals surface area contributed by atoms with Crippen LogP contribution in [0.2, 0.25) is 0 Å². The second-order valence-corrected chi connectivity index (χ2v) is 6.77. The Morgan fingerprint density at radius 1 is 1.37 bits per heavy atom. The van der Waals surface area contributed by atoms with Crippen LogP contribution in [0.25, 0.3) is 0 Å². The average molecular weight is 301 g/mol. The molecule has 0 spiro atoms. The summed E-state index contributed by atoms with van der Waals surface area (Å²) in [5, 5.41) is 6.09. The van der Waals surface area contributed by atoms with E-state index in [1.807, 2.05) is 12.3 Å². The van der Waals surface area contributed by atoms with Crippen LogP contribution in [0.4, 0.5) is 0 Å². The van der Waals surface area contributed by atoms with Gasteiger partial charge >= 0.3 is 0 Å². The number of aryl methyl sites for hydroxylation is 1. The van der Waals surface area contributed by atoms with Gasteiger partial charge in [0.25, 0.3) is 10.0 Å². The zero-order valence-electron chi connectivity index (χ0n) is 10.6. The number of hydrogen-bond donors (Lipinski definition) is 2. The van der Waals surface area contributed by atoms with E-state index in [0.29, 0.717) is 18.8 Å². The van der Waals surface area contributed by atoms with Crippen molar-refractivity contribution in [2.75, 3.05) is 7.05 Å². The fourth-order valence-corrected chi connectivity index (χ4v) is 2.78. The second kappa shape index (κ2) is 5.83. The highest BCUT2D eigenvalue weighted by Gasteiger charge is 2.15. The molecule has 2 rings (SSSR count). The molecule has 2 aromatic rings. The minimum atomic E-state index is -3.51. The van der Waals surface area contributed by atoms with Crippen LogP contribution in [0.5, 0.6) is 0 Å². The molecule has 0 aromatic carbocycles. The smallest absolute Gasteiger partial charge is 0.273 e. The zero-order valence-corrected chi connectivity index (χ0v) is 12.3. The van der Waals surface area contributed by atoms with Crippen molar-refractivity contribution < 1.29 is 12.8 Å². The summed E-state index contributed by atoms with van der Waals surface area (Å²) < 4.78 is 30.4. The molecule has 2 aromatic heterocycles. The Kier molecular flexibility index (Phi) is 4.35. The number of sulfonamides is 1. The van der Waals surface area contributed by atoms with E-state index in [-0.39, 0.29) is 5.09 Å². The van der Waals surface area contributed by atoms with E-state index in [0.717, 1.165) is 10.7 Å². The Morgan fingerprint density at radius 2 is 2.16 bits per heavy atom. The Hall–Kier alpha value is -1.22. The van der Waals surface area contributed by atoms with Gasteiger partial charge in [-0.3, -0.25) is 0 Å². The summed E-state index contributed by atoms with van der Waals surface area (Å²) in [5.74, 6) is 0.570. The third-order valence-electron chi connectivity index (χ3n) is 2.44. The summed E-state index contributed by atoms with van der Waals surface area (Å²) in [7, 11) is -2.16. The van der Waals surface area contributed by atoms with E-state index in [1.54, 1.807) is 17.4 Å². The number of thiazole rings is 1. The molecule has 2 heterocycles. The highest BCUT2D eigenvalue weighted by Crippen LogP contribution is 2.13. The van der Waals surface area contributed by atoms with Crippen LogP contribution in [-0.4, -0.2) is 20.4 Å². The number of rotatable bonds is 6. The third kappa shape index (κ3) is 3.63. The average Bonchev–Trinajstić information content (AvgIpc) is 2.99. The molecule has 2 N–H and O–H groups in total. The largest absolute Gasteiger partial charge is 0.447 e. The molecule has 0 saturated heterocycles. The Morgan fingerprint density at radius 3 is 2.79 bits per heavy atom. The first-order valence-corrected chi connectivity index (χ1v) is 8.01. The number of nitrogens with one attached hydrogen (secondary N) is 2. The maximum atomic E-state index is 11.5. The molecule has 0 fully saturated rings. The molecule has 0 aliphatic rings. The minimum Gasteiger partial charge on any atom is -0.447 e. The van der Waals surface area contributed by atoms with Gasteiger partial charge in [0.05, 0.1) is 17.2 Å². The molecule has 8 heteroatoms. The fourth-order valence-electron chi connectivity index (χ4n) is 1.50. The quantitative estimate of drug-likeness (QED) is 0.838. The molecular formula is C11H15N3O3S2. The van der Waals surface area contributed by atoms with E-state index < -0.39 is 10.0 Å². The van der Waals surface area contributed by atoms with Gasteiger partial charge in [-0.15, -0.1) is 11.3 Å². The lowest BCUT2D eigenvalue weighted by Gasteiger charge is -2.00. The Labute approximate surface area is 115 Å². The van der Waals surface area contributed by atoms with Crippen molar-refractivity contribution in [3.8, 4) is 0 Å². The Balaban J connectivity index is 1.90. The first-order chi connectivity index (χ1) is 9.01. The van der Waals surface area contributed by atoms with Crippen LogP contribution in [0, 0.1) is 6.92 Å². The van der Waals surface area contributed by atoms with Gasteiger partial charge < -0.3 is 9.73 Å². The normalized spacial score (nSPS) is 11.9. The number of aromatic nitrogens is 1. The van der Waals surface area contributed by atoms with Crippen molar-refractivity contribution in [1.82, 2.24) is 15.0 Å². The molecular weight excluding hydrogens is 286 g/mol. The highest BCUT2D eigenvalue weighted by atomic mass is 32.2. The first-order valence-electron chi connectivity index (χ1n) is 5.65. The highest BCUT2D eigenvalue weighted by molar-refractivity contribution is 7.89. The number of furan rings is 1. The molecule has 0 radical (unpaired) electrons. The van der Waals surface area contributed by atoms with Gasteiger partial charge in [-0.25, -0.2) is 18.1 Å². The monoisotopic (exact) mass is 301 g/mol. The molecule has 104 valence electrons. The number of nitrogens with zero attached hydrogens (tertiary/aromatic N) is 1. The molecule has 0 bridgehead atoms. The molecule has 0 aliphatic carbocycles. The van der Waals surface area contributed by atoms with Crippen molar-refractivity contribution >= 4 is 21.4 Å². The molecule has 0 aliphatic heterocycles. The van der Waals surface area contributed by atoms with Gasteiger partial charge in [0.15, 0.2) is 0 Å². The van der Waals surface area contributed by atoms with Gasteiger partial charge in [-0.2, -0.15) is 0 Å². The molecule has 6 nitrogen and oxygen atoms in total. The molecule has 0 amide bonds. The summed E-state index contributed by atoms with van der Waals surface area (Å²) in [5.41, 5.74) is 0.970. The molecule has 0 unspecified atom stereocenters. The van der Waals surface area contributed by atoms with Crippen LogP contribution in [0.15, 0.2) is 27.0 Å². The van der Waals surface area contributed by atoms with Crippen molar-refractivity contribution in [2.45, 2.75) is 25.1 Å². The van der Waals surface area contributed by atoms with Crippen LogP contribution >= 0.6 is 11.3 Å². The number of hydrogen-bond acceptors (Lipinski definition) is 6. The molecule has 0 atom stereocenters. The summed E-state index contributed by atoms with van der Waals surface area (Å²) in [6, 6.07) is 3.08. The topological polar surface area (TPSA) is 84.2 Å². The second-order valence-electron chi connectivity index (χ2n) is 3.89. The lowest BCUT2D eigenvalue weighted by Crippen LogP contribution is -2.17. The van der Waals surface area contributed by atoms with E-state index >= 15 is 0 Å². The SMILES string of the molecule is CNS(=O)(=O)c1ccc(CNCc2csc(C)n2)o1. The van der Waals surface area contributed by atoms with Crippen LogP contribution in [0.1, 0.15) is 16.5 Å². The standard InChI is InChI=1S/C11H15N3O3S2/c1-8-14-9(7-18-8)5-13-6-10-3-4-11(17-10)19(15,16)12-2/h3-4,7,12-13H,5-6H2,1-2H3. The van der Waals surface area contributed by atoms with Gasteiger partial charge in [0.1, 0.15) is 5.76 Å². The Bertz CT molecular complexity index is 646. The van der Waals surface area contributed by atoms with Crippen molar-refractivity contribution in [3.05, 3.63) is 34.0 Å². The predicted molar refractivity (Wildman–Crippen MR) is 72.3 cm³/mol. The third-order valence-corrected chi connectivity index (χ3v) is 4.55. The lowest BCUT2D eigenvalue weighted by molar-refractivity contribution is 0.400. The minimum absolute atomic E-state index is 0.0729. The molecule has 19 heavy (non-hydrogen) atoms. The van der Waals surface area contributed by atoms with Crippen LogP contribution in [-0.2, 0) is 23.1 Å². The summed E-state index contributed by atoms with van der Waals surface area (Å²) in [4.78, 5) is 4.32. The van der Waals surface area contributed by atoms with E-state index in [4.69, 9.17) is 4.42 Å². The van der Waals surface area contributed by atoms with E-state index in [9.17, 15) is 8.42 Å². The van der Waals surface area contributed by atoms with Crippen molar-refractivity contribution in [1.29, 1.82) is 0 Å².